The maximum Gasteiger partial charge on any atom is 0.161 e. The van der Waals surface area contributed by atoms with E-state index in [0.717, 1.165) is 57.8 Å². The van der Waals surface area contributed by atoms with Gasteiger partial charge < -0.3 is 5.73 Å². The average molecular weight is 520 g/mol. The van der Waals surface area contributed by atoms with Gasteiger partial charge in [0.2, 0.25) is 0 Å². The van der Waals surface area contributed by atoms with Crippen LogP contribution in [0.2, 0.25) is 0 Å². The predicted octanol–water partition coefficient (Wildman–Crippen LogP) is 7.52. The number of ketones is 1. The van der Waals surface area contributed by atoms with E-state index in [2.05, 4.69) is 63.2 Å². The second-order valence-corrected chi connectivity index (χ2v) is 11.4. The first kappa shape index (κ1) is 25.9. The molecule has 0 saturated heterocycles. The van der Waals surface area contributed by atoms with Gasteiger partial charge >= 0.3 is 0 Å². The molecule has 5 heteroatoms. The van der Waals surface area contributed by atoms with Crippen LogP contribution in [0, 0.1) is 39.0 Å². The second-order valence-electron chi connectivity index (χ2n) is 10.3. The van der Waals surface area contributed by atoms with E-state index in [-0.39, 0.29) is 5.78 Å². The Morgan fingerprint density at radius 1 is 1.00 bits per heavy atom. The molecule has 0 radical (unpaired) electrons. The van der Waals surface area contributed by atoms with E-state index in [1.54, 1.807) is 0 Å². The Kier molecular flexibility index (Phi) is 7.19. The van der Waals surface area contributed by atoms with Gasteiger partial charge in [0.05, 0.1) is 17.6 Å². The summed E-state index contributed by atoms with van der Waals surface area (Å²) in [5, 5.41) is 10.4. The molecular weight excluding hydrogens is 486 g/mol. The van der Waals surface area contributed by atoms with Gasteiger partial charge in [-0.15, -0.1) is 11.8 Å². The molecule has 5 rings (SSSR count). The molecule has 0 amide bonds. The number of Topliss-reactive ketones (excluding diaryl/α,β-unsaturated/α-hetero) is 1. The minimum Gasteiger partial charge on any atom is -0.384 e. The van der Waals surface area contributed by atoms with Gasteiger partial charge in [0.25, 0.3) is 0 Å². The van der Waals surface area contributed by atoms with E-state index in [1.807, 2.05) is 47.9 Å². The van der Waals surface area contributed by atoms with Gasteiger partial charge in [-0.1, -0.05) is 53.6 Å². The minimum absolute atomic E-state index is 0.116. The SMILES string of the molecule is Cc1ccc(N2C(N)=C(C#N)C(c3cc(C)cc(CSc4ccccc4C)c3C)C3=C2CCCC3=O)cc1. The van der Waals surface area contributed by atoms with E-state index >= 15 is 0 Å². The maximum absolute atomic E-state index is 13.6. The number of nitrogens with zero attached hydrogens (tertiary/aromatic N) is 2. The maximum atomic E-state index is 13.6. The Bertz CT molecular complexity index is 1520. The highest BCUT2D eigenvalue weighted by Gasteiger charge is 2.41. The number of nitriles is 1. The summed E-state index contributed by atoms with van der Waals surface area (Å²) in [4.78, 5) is 16.8. The monoisotopic (exact) mass is 519 g/mol. The molecule has 2 N–H and O–H groups in total. The first-order valence-electron chi connectivity index (χ1n) is 13.1. The number of benzene rings is 3. The zero-order valence-corrected chi connectivity index (χ0v) is 23.3. The van der Waals surface area contributed by atoms with Crippen molar-refractivity contribution in [3.63, 3.8) is 0 Å². The van der Waals surface area contributed by atoms with Crippen molar-refractivity contribution in [2.24, 2.45) is 5.73 Å². The molecular formula is C33H33N3OS. The summed E-state index contributed by atoms with van der Waals surface area (Å²) in [7, 11) is 0. The van der Waals surface area contributed by atoms with Crippen LogP contribution in [0.4, 0.5) is 5.69 Å². The molecule has 3 aromatic rings. The van der Waals surface area contributed by atoms with Crippen LogP contribution in [0.15, 0.2) is 88.2 Å². The third-order valence-electron chi connectivity index (χ3n) is 7.69. The van der Waals surface area contributed by atoms with E-state index in [9.17, 15) is 10.1 Å². The highest BCUT2D eigenvalue weighted by molar-refractivity contribution is 7.98. The normalized spacial score (nSPS) is 17.5. The fraction of sp³-hybridized carbons (Fsp3) is 0.273. The molecule has 3 aromatic carbocycles. The Labute approximate surface area is 229 Å². The van der Waals surface area contributed by atoms with Crippen LogP contribution in [0.5, 0.6) is 0 Å². The molecule has 0 aromatic heterocycles. The number of anilines is 1. The second kappa shape index (κ2) is 10.6. The molecule has 1 aliphatic heterocycles. The van der Waals surface area contributed by atoms with Crippen LogP contribution in [0.25, 0.3) is 0 Å². The van der Waals surface area contributed by atoms with E-state index in [1.165, 1.54) is 16.0 Å². The number of hydrogen-bond donors (Lipinski definition) is 1. The number of rotatable bonds is 5. The van der Waals surface area contributed by atoms with Crippen molar-refractivity contribution in [2.45, 2.75) is 63.5 Å². The van der Waals surface area contributed by atoms with E-state index in [0.29, 0.717) is 17.8 Å². The van der Waals surface area contributed by atoms with Crippen LogP contribution in [0.3, 0.4) is 0 Å². The summed E-state index contributed by atoms with van der Waals surface area (Å²) in [6.07, 6.45) is 2.04. The third kappa shape index (κ3) is 4.66. The summed E-state index contributed by atoms with van der Waals surface area (Å²) in [5.74, 6) is 0.901. The van der Waals surface area contributed by atoms with Crippen LogP contribution in [-0.4, -0.2) is 5.78 Å². The molecule has 0 fully saturated rings. The van der Waals surface area contributed by atoms with Crippen LogP contribution >= 0.6 is 11.8 Å². The van der Waals surface area contributed by atoms with Crippen molar-refractivity contribution in [2.75, 3.05) is 4.90 Å². The lowest BCUT2D eigenvalue weighted by atomic mass is 9.73. The zero-order valence-electron chi connectivity index (χ0n) is 22.5. The molecule has 0 saturated carbocycles. The molecule has 2 aliphatic rings. The number of allylic oxidation sites excluding steroid dienone is 3. The van der Waals surface area contributed by atoms with Crippen LogP contribution in [0.1, 0.15) is 58.6 Å². The molecule has 1 aliphatic carbocycles. The van der Waals surface area contributed by atoms with Crippen LogP contribution in [-0.2, 0) is 10.5 Å². The van der Waals surface area contributed by atoms with Crippen molar-refractivity contribution in [1.82, 2.24) is 0 Å². The first-order valence-corrected chi connectivity index (χ1v) is 14.1. The van der Waals surface area contributed by atoms with Crippen molar-refractivity contribution in [1.29, 1.82) is 5.26 Å². The average Bonchev–Trinajstić information content (AvgIpc) is 2.90. The Morgan fingerprint density at radius 3 is 2.45 bits per heavy atom. The Hall–Kier alpha value is -3.75. The summed E-state index contributed by atoms with van der Waals surface area (Å²) < 4.78 is 0. The van der Waals surface area contributed by atoms with Crippen molar-refractivity contribution < 1.29 is 4.79 Å². The summed E-state index contributed by atoms with van der Waals surface area (Å²) in [6, 6.07) is 23.3. The Balaban J connectivity index is 1.64. The van der Waals surface area contributed by atoms with Crippen LogP contribution < -0.4 is 10.6 Å². The van der Waals surface area contributed by atoms with Gasteiger partial charge in [-0.25, -0.2) is 0 Å². The standard InChI is InChI=1S/C33H33N3OS/c1-20-12-14-25(15-13-20)36-28-9-7-10-29(37)32(28)31(27(18-34)33(36)35)26-17-21(2)16-24(23(26)4)19-38-30-11-6-5-8-22(30)3/h5-6,8,11-17,31H,7,9-10,19,35H2,1-4H3. The molecule has 4 nitrogen and oxygen atoms in total. The molecule has 0 spiro atoms. The largest absolute Gasteiger partial charge is 0.384 e. The summed E-state index contributed by atoms with van der Waals surface area (Å²) in [5.41, 5.74) is 16.7. The predicted molar refractivity (Wildman–Crippen MR) is 156 cm³/mol. The number of carbonyl (C=O) groups is 1. The highest BCUT2D eigenvalue weighted by Crippen LogP contribution is 2.47. The summed E-state index contributed by atoms with van der Waals surface area (Å²) in [6.45, 7) is 8.38. The number of aryl methyl sites for hydroxylation is 3. The number of thioether (sulfide) groups is 1. The first-order chi connectivity index (χ1) is 18.3. The minimum atomic E-state index is -0.452. The molecule has 1 unspecified atom stereocenters. The lowest BCUT2D eigenvalue weighted by molar-refractivity contribution is -0.116. The lowest BCUT2D eigenvalue weighted by Gasteiger charge is -2.40. The van der Waals surface area contributed by atoms with Gasteiger partial charge in [-0.3, -0.25) is 9.69 Å². The van der Waals surface area contributed by atoms with Crippen molar-refractivity contribution in [3.05, 3.63) is 117 Å². The third-order valence-corrected chi connectivity index (χ3v) is 8.92. The van der Waals surface area contributed by atoms with Gasteiger partial charge in [0.15, 0.2) is 5.78 Å². The van der Waals surface area contributed by atoms with Gasteiger partial charge in [-0.05, 0) is 81.0 Å². The van der Waals surface area contributed by atoms with Gasteiger partial charge in [-0.2, -0.15) is 5.26 Å². The van der Waals surface area contributed by atoms with Gasteiger partial charge in [0, 0.05) is 34.0 Å². The Morgan fingerprint density at radius 2 is 1.74 bits per heavy atom. The fourth-order valence-corrected chi connectivity index (χ4v) is 6.75. The number of hydrogen-bond acceptors (Lipinski definition) is 5. The quantitative estimate of drug-likeness (QED) is 0.353. The van der Waals surface area contributed by atoms with Gasteiger partial charge in [0.1, 0.15) is 5.82 Å². The topological polar surface area (TPSA) is 70.1 Å². The molecule has 192 valence electrons. The molecule has 1 atom stereocenters. The summed E-state index contributed by atoms with van der Waals surface area (Å²) >= 11 is 1.82. The highest BCUT2D eigenvalue weighted by atomic mass is 32.2. The van der Waals surface area contributed by atoms with E-state index < -0.39 is 5.92 Å². The number of nitrogens with two attached hydrogens (primary N) is 1. The smallest absolute Gasteiger partial charge is 0.161 e. The molecule has 1 heterocycles. The van der Waals surface area contributed by atoms with Crippen molar-refractivity contribution >= 4 is 23.2 Å². The lowest BCUT2D eigenvalue weighted by Crippen LogP contribution is -2.39. The number of carbonyl (C=O) groups excluding carboxylic acids is 1. The fourth-order valence-electron chi connectivity index (χ4n) is 5.67. The van der Waals surface area contributed by atoms with Crippen molar-refractivity contribution in [3.8, 4) is 6.07 Å². The molecule has 0 bridgehead atoms. The molecule has 38 heavy (non-hydrogen) atoms. The zero-order chi connectivity index (χ0) is 27.0. The van der Waals surface area contributed by atoms with E-state index in [4.69, 9.17) is 5.73 Å².